The first-order valence-electron chi connectivity index (χ1n) is 5.66. The number of hydrogen-bond acceptors (Lipinski definition) is 2. The molecule has 2 N–H and O–H groups in total. The van der Waals surface area contributed by atoms with Gasteiger partial charge in [-0.2, -0.15) is 0 Å². The highest BCUT2D eigenvalue weighted by molar-refractivity contribution is 5.98. The number of H-pyrrole nitrogens is 1. The molecule has 0 atom stereocenters. The van der Waals surface area contributed by atoms with Crippen LogP contribution < -0.4 is 5.56 Å². The number of pyridine rings is 1. The van der Waals surface area contributed by atoms with Gasteiger partial charge in [0.1, 0.15) is 5.75 Å². The molecule has 0 saturated heterocycles. The fourth-order valence-electron chi connectivity index (χ4n) is 2.14. The van der Waals surface area contributed by atoms with Crippen molar-refractivity contribution in [3.8, 4) is 16.9 Å². The Labute approximate surface area is 103 Å². The van der Waals surface area contributed by atoms with Crippen molar-refractivity contribution < 1.29 is 5.11 Å². The number of aromatic amines is 1. The van der Waals surface area contributed by atoms with E-state index in [4.69, 9.17) is 0 Å². The minimum absolute atomic E-state index is 0.169. The number of aromatic hydroxyl groups is 1. The van der Waals surface area contributed by atoms with Gasteiger partial charge in [0.15, 0.2) is 0 Å². The fourth-order valence-corrected chi connectivity index (χ4v) is 2.14. The van der Waals surface area contributed by atoms with Crippen molar-refractivity contribution in [1.29, 1.82) is 0 Å². The molecule has 0 aliphatic heterocycles. The summed E-state index contributed by atoms with van der Waals surface area (Å²) in [5, 5.41) is 10.7. The van der Waals surface area contributed by atoms with Gasteiger partial charge in [-0.3, -0.25) is 4.79 Å². The van der Waals surface area contributed by atoms with Gasteiger partial charge in [0.2, 0.25) is 5.56 Å². The van der Waals surface area contributed by atoms with E-state index in [0.29, 0.717) is 10.9 Å². The van der Waals surface area contributed by atoms with Crippen LogP contribution in [0.1, 0.15) is 0 Å². The quantitative estimate of drug-likeness (QED) is 0.683. The van der Waals surface area contributed by atoms with Crippen LogP contribution in [-0.4, -0.2) is 10.1 Å². The molecule has 0 aliphatic rings. The van der Waals surface area contributed by atoms with E-state index in [2.05, 4.69) is 4.98 Å². The summed E-state index contributed by atoms with van der Waals surface area (Å²) in [5.74, 6) is 0.169. The molecule has 0 unspecified atom stereocenters. The van der Waals surface area contributed by atoms with E-state index in [1.807, 2.05) is 30.3 Å². The zero-order valence-corrected chi connectivity index (χ0v) is 9.55. The normalized spacial score (nSPS) is 10.7. The lowest BCUT2D eigenvalue weighted by Gasteiger charge is -2.07. The van der Waals surface area contributed by atoms with Crippen LogP contribution in [0.2, 0.25) is 0 Å². The van der Waals surface area contributed by atoms with Crippen LogP contribution in [0, 0.1) is 0 Å². The molecule has 88 valence electrons. The number of hydrogen-bond donors (Lipinski definition) is 2. The van der Waals surface area contributed by atoms with Crippen molar-refractivity contribution in [3.05, 3.63) is 65.0 Å². The Morgan fingerprint density at radius 2 is 1.72 bits per heavy atom. The Hall–Kier alpha value is -2.55. The van der Waals surface area contributed by atoms with Crippen molar-refractivity contribution in [2.75, 3.05) is 0 Å². The molecule has 1 heterocycles. The average Bonchev–Trinajstić information content (AvgIpc) is 2.39. The molecular weight excluding hydrogens is 226 g/mol. The molecule has 3 heteroatoms. The zero-order valence-electron chi connectivity index (χ0n) is 9.55. The van der Waals surface area contributed by atoms with Crippen molar-refractivity contribution in [3.63, 3.8) is 0 Å². The van der Waals surface area contributed by atoms with Gasteiger partial charge in [-0.05, 0) is 17.7 Å². The fraction of sp³-hybridized carbons (Fsp3) is 0. The van der Waals surface area contributed by atoms with Crippen LogP contribution in [0.5, 0.6) is 5.75 Å². The van der Waals surface area contributed by atoms with Crippen LogP contribution >= 0.6 is 0 Å². The number of phenols is 1. The molecule has 0 fully saturated rings. The molecule has 3 rings (SSSR count). The van der Waals surface area contributed by atoms with Crippen molar-refractivity contribution >= 4 is 10.9 Å². The summed E-state index contributed by atoms with van der Waals surface area (Å²) < 4.78 is 0. The topological polar surface area (TPSA) is 53.1 Å². The molecule has 0 radical (unpaired) electrons. The second kappa shape index (κ2) is 4.04. The third-order valence-corrected chi connectivity index (χ3v) is 2.93. The van der Waals surface area contributed by atoms with E-state index in [9.17, 15) is 9.90 Å². The number of phenolic OH excluding ortho intramolecular Hbond substituents is 1. The Balaban J connectivity index is 2.45. The molecule has 0 saturated carbocycles. The summed E-state index contributed by atoms with van der Waals surface area (Å²) in [6, 6.07) is 16.2. The molecule has 3 nitrogen and oxygen atoms in total. The predicted molar refractivity (Wildman–Crippen MR) is 71.7 cm³/mol. The second-order valence-corrected chi connectivity index (χ2v) is 4.11. The highest BCUT2D eigenvalue weighted by Gasteiger charge is 2.09. The number of aromatic nitrogens is 1. The molecular formula is C15H11NO2. The monoisotopic (exact) mass is 237 g/mol. The van der Waals surface area contributed by atoms with E-state index in [0.717, 1.165) is 11.1 Å². The van der Waals surface area contributed by atoms with E-state index in [1.54, 1.807) is 18.2 Å². The Morgan fingerprint density at radius 3 is 2.50 bits per heavy atom. The van der Waals surface area contributed by atoms with Crippen LogP contribution in [0.4, 0.5) is 0 Å². The number of nitrogens with one attached hydrogen (secondary N) is 1. The Morgan fingerprint density at radius 1 is 0.944 bits per heavy atom. The van der Waals surface area contributed by atoms with E-state index in [-0.39, 0.29) is 11.3 Å². The standard InChI is InChI=1S/C15H11NO2/c17-13-8-4-7-12-15(13)11(9-14(18)16-12)10-5-2-1-3-6-10/h1-9,17H,(H,16,18). The van der Waals surface area contributed by atoms with E-state index in [1.165, 1.54) is 6.07 Å². The highest BCUT2D eigenvalue weighted by atomic mass is 16.3. The third-order valence-electron chi connectivity index (χ3n) is 2.93. The van der Waals surface area contributed by atoms with Gasteiger partial charge in [-0.15, -0.1) is 0 Å². The van der Waals surface area contributed by atoms with Gasteiger partial charge in [0.05, 0.1) is 5.52 Å². The van der Waals surface area contributed by atoms with Gasteiger partial charge in [-0.25, -0.2) is 0 Å². The maximum atomic E-state index is 11.7. The smallest absolute Gasteiger partial charge is 0.249 e. The van der Waals surface area contributed by atoms with Gasteiger partial charge in [-0.1, -0.05) is 36.4 Å². The Kier molecular flexibility index (Phi) is 2.38. The zero-order chi connectivity index (χ0) is 12.5. The van der Waals surface area contributed by atoms with Gasteiger partial charge < -0.3 is 10.1 Å². The molecule has 0 spiro atoms. The average molecular weight is 237 g/mol. The summed E-state index contributed by atoms with van der Waals surface area (Å²) in [5.41, 5.74) is 2.12. The first-order chi connectivity index (χ1) is 8.75. The molecule has 0 amide bonds. The summed E-state index contributed by atoms with van der Waals surface area (Å²) in [7, 11) is 0. The molecule has 3 aromatic rings. The van der Waals surface area contributed by atoms with Crippen molar-refractivity contribution in [2.45, 2.75) is 0 Å². The molecule has 2 aromatic carbocycles. The molecule has 1 aromatic heterocycles. The van der Waals surface area contributed by atoms with Gasteiger partial charge >= 0.3 is 0 Å². The van der Waals surface area contributed by atoms with Crippen LogP contribution in [-0.2, 0) is 0 Å². The number of benzene rings is 2. The minimum atomic E-state index is -0.174. The number of rotatable bonds is 1. The largest absolute Gasteiger partial charge is 0.507 e. The number of fused-ring (bicyclic) bond motifs is 1. The van der Waals surface area contributed by atoms with Crippen LogP contribution in [0.3, 0.4) is 0 Å². The van der Waals surface area contributed by atoms with Crippen molar-refractivity contribution in [2.24, 2.45) is 0 Å². The Bertz CT molecular complexity index is 760. The summed E-state index contributed by atoms with van der Waals surface area (Å²) >= 11 is 0. The molecule has 0 bridgehead atoms. The molecule has 0 aliphatic carbocycles. The maximum Gasteiger partial charge on any atom is 0.249 e. The van der Waals surface area contributed by atoms with E-state index < -0.39 is 0 Å². The van der Waals surface area contributed by atoms with Crippen LogP contribution in [0.25, 0.3) is 22.0 Å². The lowest BCUT2D eigenvalue weighted by atomic mass is 10.0. The molecule has 18 heavy (non-hydrogen) atoms. The lowest BCUT2D eigenvalue weighted by molar-refractivity contribution is 0.481. The van der Waals surface area contributed by atoms with Crippen molar-refractivity contribution in [1.82, 2.24) is 4.98 Å². The van der Waals surface area contributed by atoms with Gasteiger partial charge in [0.25, 0.3) is 0 Å². The van der Waals surface area contributed by atoms with Gasteiger partial charge in [0, 0.05) is 17.0 Å². The SMILES string of the molecule is O=c1cc(-c2ccccc2)c2c(O)cccc2[nH]1. The summed E-state index contributed by atoms with van der Waals surface area (Å²) in [6.07, 6.45) is 0. The van der Waals surface area contributed by atoms with E-state index >= 15 is 0 Å². The maximum absolute atomic E-state index is 11.7. The first kappa shape index (κ1) is 10.6. The third kappa shape index (κ3) is 1.66. The second-order valence-electron chi connectivity index (χ2n) is 4.11. The lowest BCUT2D eigenvalue weighted by Crippen LogP contribution is -2.04. The predicted octanol–water partition coefficient (Wildman–Crippen LogP) is 2.90. The minimum Gasteiger partial charge on any atom is -0.507 e. The summed E-state index contributed by atoms with van der Waals surface area (Å²) in [4.78, 5) is 14.4. The highest BCUT2D eigenvalue weighted by Crippen LogP contribution is 2.32. The first-order valence-corrected chi connectivity index (χ1v) is 5.66. The van der Waals surface area contributed by atoms with Crippen LogP contribution in [0.15, 0.2) is 59.4 Å². The summed E-state index contributed by atoms with van der Waals surface area (Å²) in [6.45, 7) is 0.